The zero-order valence-electron chi connectivity index (χ0n) is 11.6. The smallest absolute Gasteiger partial charge is 0.153 e. The second-order valence-electron chi connectivity index (χ2n) is 6.24. The zero-order valence-corrected chi connectivity index (χ0v) is 12.6. The predicted octanol–water partition coefficient (Wildman–Crippen LogP) is 3.23. The standard InChI is InChI=1S/C14H22O2Si/c1-10-7-11(9-15)13(16)12(8-10)17(5,6)14(2,3)4/h7-9,16H,1-6H3. The number of hydrogen-bond acceptors (Lipinski definition) is 2. The molecule has 2 nitrogen and oxygen atoms in total. The highest BCUT2D eigenvalue weighted by atomic mass is 28.3. The number of aldehydes is 1. The summed E-state index contributed by atoms with van der Waals surface area (Å²) in [7, 11) is -1.81. The summed E-state index contributed by atoms with van der Waals surface area (Å²) in [6, 6.07) is 3.76. The van der Waals surface area contributed by atoms with Crippen molar-refractivity contribution in [2.24, 2.45) is 0 Å². The molecule has 17 heavy (non-hydrogen) atoms. The van der Waals surface area contributed by atoms with Crippen molar-refractivity contribution in [3.63, 3.8) is 0 Å². The minimum atomic E-state index is -1.81. The molecule has 1 N–H and O–H groups in total. The van der Waals surface area contributed by atoms with Gasteiger partial charge in [-0.25, -0.2) is 0 Å². The van der Waals surface area contributed by atoms with Gasteiger partial charge in [0.25, 0.3) is 0 Å². The molecule has 0 saturated carbocycles. The van der Waals surface area contributed by atoms with Gasteiger partial charge in [-0.2, -0.15) is 0 Å². The van der Waals surface area contributed by atoms with Crippen molar-refractivity contribution < 1.29 is 9.90 Å². The monoisotopic (exact) mass is 250 g/mol. The summed E-state index contributed by atoms with van der Waals surface area (Å²) in [5.41, 5.74) is 1.44. The molecule has 0 aliphatic carbocycles. The summed E-state index contributed by atoms with van der Waals surface area (Å²) in [4.78, 5) is 11.0. The third kappa shape index (κ3) is 2.44. The zero-order chi connectivity index (χ0) is 13.4. The number of rotatable bonds is 2. The maximum Gasteiger partial charge on any atom is 0.153 e. The largest absolute Gasteiger partial charge is 0.507 e. The van der Waals surface area contributed by atoms with Crippen LogP contribution >= 0.6 is 0 Å². The van der Waals surface area contributed by atoms with E-state index in [0.29, 0.717) is 5.56 Å². The van der Waals surface area contributed by atoms with Gasteiger partial charge in [0, 0.05) is 0 Å². The molecule has 1 aromatic carbocycles. The lowest BCUT2D eigenvalue weighted by molar-refractivity contribution is 0.112. The van der Waals surface area contributed by atoms with E-state index in [1.165, 1.54) is 0 Å². The van der Waals surface area contributed by atoms with Gasteiger partial charge in [0.05, 0.1) is 13.6 Å². The Balaban J connectivity index is 3.51. The molecule has 0 unspecified atom stereocenters. The molecule has 0 bridgehead atoms. The number of benzene rings is 1. The van der Waals surface area contributed by atoms with E-state index in [9.17, 15) is 9.90 Å². The van der Waals surface area contributed by atoms with E-state index < -0.39 is 8.07 Å². The average molecular weight is 250 g/mol. The molecule has 1 aromatic rings. The molecule has 0 aromatic heterocycles. The molecule has 0 aliphatic rings. The predicted molar refractivity (Wildman–Crippen MR) is 75.1 cm³/mol. The van der Waals surface area contributed by atoms with Crippen molar-refractivity contribution in [3.05, 3.63) is 23.3 Å². The Kier molecular flexibility index (Phi) is 3.53. The summed E-state index contributed by atoms with van der Waals surface area (Å²) >= 11 is 0. The summed E-state index contributed by atoms with van der Waals surface area (Å²) < 4.78 is 0. The van der Waals surface area contributed by atoms with Gasteiger partial charge >= 0.3 is 0 Å². The molecule has 1 rings (SSSR count). The Morgan fingerprint density at radius 1 is 1.24 bits per heavy atom. The van der Waals surface area contributed by atoms with Crippen molar-refractivity contribution in [3.8, 4) is 5.75 Å². The average Bonchev–Trinajstić information content (AvgIpc) is 2.19. The van der Waals surface area contributed by atoms with Crippen LogP contribution in [0.5, 0.6) is 5.75 Å². The molecule has 0 heterocycles. The number of aromatic hydroxyl groups is 1. The van der Waals surface area contributed by atoms with E-state index in [1.54, 1.807) is 6.07 Å². The van der Waals surface area contributed by atoms with Crippen LogP contribution in [-0.4, -0.2) is 19.5 Å². The number of carbonyl (C=O) groups excluding carboxylic acids is 1. The number of carbonyl (C=O) groups is 1. The quantitative estimate of drug-likeness (QED) is 0.646. The van der Waals surface area contributed by atoms with Gasteiger partial charge in [-0.05, 0) is 23.2 Å². The lowest BCUT2D eigenvalue weighted by atomic mass is 10.1. The van der Waals surface area contributed by atoms with Crippen molar-refractivity contribution in [2.75, 3.05) is 0 Å². The third-order valence-corrected chi connectivity index (χ3v) is 9.44. The fourth-order valence-corrected chi connectivity index (χ4v) is 3.91. The highest BCUT2D eigenvalue weighted by Crippen LogP contribution is 2.37. The number of hydrogen-bond donors (Lipinski definition) is 1. The normalized spacial score (nSPS) is 12.6. The van der Waals surface area contributed by atoms with E-state index in [0.717, 1.165) is 17.0 Å². The van der Waals surface area contributed by atoms with Gasteiger partial charge in [-0.1, -0.05) is 45.5 Å². The molecule has 0 saturated heterocycles. The Morgan fingerprint density at radius 2 is 1.76 bits per heavy atom. The maximum absolute atomic E-state index is 11.0. The minimum absolute atomic E-state index is 0.137. The first-order chi connectivity index (χ1) is 7.61. The number of aryl methyl sites for hydroxylation is 1. The first kappa shape index (κ1) is 14.0. The molecule has 0 aliphatic heterocycles. The van der Waals surface area contributed by atoms with E-state index in [1.807, 2.05) is 13.0 Å². The fraction of sp³-hybridized carbons (Fsp3) is 0.500. The third-order valence-electron chi connectivity index (χ3n) is 3.96. The van der Waals surface area contributed by atoms with E-state index in [4.69, 9.17) is 0 Å². The molecular weight excluding hydrogens is 228 g/mol. The van der Waals surface area contributed by atoms with Crippen LogP contribution in [0.15, 0.2) is 12.1 Å². The Bertz CT molecular complexity index is 442. The van der Waals surface area contributed by atoms with Crippen molar-refractivity contribution in [2.45, 2.75) is 45.8 Å². The van der Waals surface area contributed by atoms with Crippen LogP contribution in [-0.2, 0) is 0 Å². The minimum Gasteiger partial charge on any atom is -0.507 e. The molecule has 0 fully saturated rings. The van der Waals surface area contributed by atoms with Crippen LogP contribution in [0.25, 0.3) is 0 Å². The SMILES string of the molecule is Cc1cc(C=O)c(O)c([Si](C)(C)C(C)(C)C)c1. The van der Waals surface area contributed by atoms with Crippen LogP contribution in [0.3, 0.4) is 0 Å². The van der Waals surface area contributed by atoms with Crippen LogP contribution < -0.4 is 5.19 Å². The van der Waals surface area contributed by atoms with Gasteiger partial charge in [0.15, 0.2) is 6.29 Å². The summed E-state index contributed by atoms with van der Waals surface area (Å²) in [5.74, 6) is 0.178. The van der Waals surface area contributed by atoms with E-state index >= 15 is 0 Å². The van der Waals surface area contributed by atoms with Gasteiger partial charge in [-0.15, -0.1) is 0 Å². The lowest BCUT2D eigenvalue weighted by Crippen LogP contribution is -2.49. The highest BCUT2D eigenvalue weighted by molar-refractivity contribution is 6.92. The van der Waals surface area contributed by atoms with Gasteiger partial charge in [0.1, 0.15) is 5.75 Å². The van der Waals surface area contributed by atoms with E-state index in [2.05, 4.69) is 33.9 Å². The Morgan fingerprint density at radius 3 is 2.18 bits per heavy atom. The van der Waals surface area contributed by atoms with Crippen LogP contribution in [0.1, 0.15) is 36.7 Å². The van der Waals surface area contributed by atoms with Crippen LogP contribution in [0.2, 0.25) is 18.1 Å². The molecule has 0 spiro atoms. The van der Waals surface area contributed by atoms with Crippen molar-refractivity contribution in [1.82, 2.24) is 0 Å². The highest BCUT2D eigenvalue weighted by Gasteiger charge is 2.39. The maximum atomic E-state index is 11.0. The van der Waals surface area contributed by atoms with Gasteiger partial charge in [0.2, 0.25) is 0 Å². The second kappa shape index (κ2) is 4.30. The summed E-state index contributed by atoms with van der Waals surface area (Å²) in [6.07, 6.45) is 0.735. The van der Waals surface area contributed by atoms with Gasteiger partial charge < -0.3 is 5.11 Å². The van der Waals surface area contributed by atoms with Crippen molar-refractivity contribution in [1.29, 1.82) is 0 Å². The first-order valence-corrected chi connectivity index (χ1v) is 8.90. The molecule has 0 radical (unpaired) electrons. The molecule has 0 atom stereocenters. The van der Waals surface area contributed by atoms with Crippen LogP contribution in [0.4, 0.5) is 0 Å². The first-order valence-electron chi connectivity index (χ1n) is 5.90. The number of phenols is 1. The van der Waals surface area contributed by atoms with E-state index in [-0.39, 0.29) is 10.8 Å². The second-order valence-corrected chi connectivity index (χ2v) is 11.5. The van der Waals surface area contributed by atoms with Crippen molar-refractivity contribution >= 4 is 19.5 Å². The molecule has 0 amide bonds. The van der Waals surface area contributed by atoms with Gasteiger partial charge in [-0.3, -0.25) is 4.79 Å². The molecular formula is C14H22O2Si. The fourth-order valence-electron chi connectivity index (χ4n) is 1.78. The molecule has 94 valence electrons. The Labute approximate surface area is 105 Å². The topological polar surface area (TPSA) is 37.3 Å². The number of phenolic OH excluding ortho intramolecular Hbond substituents is 1. The lowest BCUT2D eigenvalue weighted by Gasteiger charge is -2.38. The summed E-state index contributed by atoms with van der Waals surface area (Å²) in [5, 5.41) is 11.3. The summed E-state index contributed by atoms with van der Waals surface area (Å²) in [6.45, 7) is 13.0. The molecule has 3 heteroatoms. The Hall–Kier alpha value is -1.09. The van der Waals surface area contributed by atoms with Crippen LogP contribution in [0, 0.1) is 6.92 Å².